The number of ether oxygens (including phenoxy) is 4. The number of rotatable bonds is 4. The normalized spacial score (nSPS) is 16.9. The summed E-state index contributed by atoms with van der Waals surface area (Å²) in [6, 6.07) is 14.4. The molecule has 0 bridgehead atoms. The lowest BCUT2D eigenvalue weighted by Crippen LogP contribution is -2.25. The molecular formula is C30H20O9. The standard InChI is InChI=1S/C30H20O9/c1-35-17-7-9-22-20(12-17)27(32)21(14-37-22)19-13-25(31)38-23-10-8-18-28(33)24(39-29(18)26(19)23)11-15-3-5-16(6-4-15)30(34)36-2/h3-12,14,19H,13H2,1-2H3/b24-11-/t19-/m1/s1. The maximum Gasteiger partial charge on any atom is 0.337 e. The first-order chi connectivity index (χ1) is 18.9. The molecule has 0 saturated carbocycles. The molecule has 9 nitrogen and oxygen atoms in total. The van der Waals surface area contributed by atoms with Crippen LogP contribution in [0.4, 0.5) is 0 Å². The van der Waals surface area contributed by atoms with Crippen LogP contribution >= 0.6 is 0 Å². The highest BCUT2D eigenvalue weighted by molar-refractivity contribution is 6.15. The molecule has 0 saturated heterocycles. The number of esters is 2. The molecule has 0 amide bonds. The molecule has 9 heteroatoms. The number of ketones is 1. The van der Waals surface area contributed by atoms with Gasteiger partial charge in [0.2, 0.25) is 5.78 Å². The summed E-state index contributed by atoms with van der Waals surface area (Å²) in [5.74, 6) is -1.17. The number of methoxy groups -OCH3 is 2. The van der Waals surface area contributed by atoms with Crippen LogP contribution in [0.1, 0.15) is 49.7 Å². The van der Waals surface area contributed by atoms with Crippen molar-refractivity contribution in [2.45, 2.75) is 12.3 Å². The van der Waals surface area contributed by atoms with Crippen LogP contribution in [0.15, 0.2) is 75.8 Å². The zero-order chi connectivity index (χ0) is 27.3. The minimum Gasteiger partial charge on any atom is -0.497 e. The number of Topliss-reactive ketones (excluding diaryl/α,β-unsaturated/α-hetero) is 1. The molecule has 0 spiro atoms. The topological polar surface area (TPSA) is 118 Å². The van der Waals surface area contributed by atoms with Gasteiger partial charge in [-0.2, -0.15) is 0 Å². The second-order valence-electron chi connectivity index (χ2n) is 9.02. The molecule has 3 heterocycles. The molecule has 2 aliphatic rings. The van der Waals surface area contributed by atoms with Crippen LogP contribution in [0.5, 0.6) is 17.2 Å². The fraction of sp³-hybridized carbons (Fsp3) is 0.133. The van der Waals surface area contributed by atoms with Crippen LogP contribution < -0.4 is 19.6 Å². The predicted molar refractivity (Wildman–Crippen MR) is 138 cm³/mol. The molecule has 0 radical (unpaired) electrons. The van der Waals surface area contributed by atoms with E-state index in [1.807, 2.05) is 0 Å². The van der Waals surface area contributed by atoms with Crippen molar-refractivity contribution in [2.75, 3.05) is 14.2 Å². The number of benzene rings is 3. The van der Waals surface area contributed by atoms with E-state index in [-0.39, 0.29) is 46.0 Å². The van der Waals surface area contributed by atoms with Crippen molar-refractivity contribution in [3.63, 3.8) is 0 Å². The van der Waals surface area contributed by atoms with Gasteiger partial charge in [-0.1, -0.05) is 12.1 Å². The van der Waals surface area contributed by atoms with E-state index in [2.05, 4.69) is 0 Å². The predicted octanol–water partition coefficient (Wildman–Crippen LogP) is 4.65. The minimum atomic E-state index is -0.769. The highest BCUT2D eigenvalue weighted by Gasteiger charge is 2.39. The molecule has 0 N–H and O–H groups in total. The lowest BCUT2D eigenvalue weighted by atomic mass is 9.85. The first-order valence-corrected chi connectivity index (χ1v) is 12.0. The summed E-state index contributed by atoms with van der Waals surface area (Å²) in [7, 11) is 2.79. The SMILES string of the molecule is COC(=O)c1ccc(/C=C2\Oc3c(ccc4c3[C@@H](c3coc5ccc(OC)cc5c3=O)CC(=O)O4)C2=O)cc1. The average molecular weight is 524 g/mol. The van der Waals surface area contributed by atoms with Crippen molar-refractivity contribution < 1.29 is 37.7 Å². The molecule has 0 fully saturated rings. The van der Waals surface area contributed by atoms with Gasteiger partial charge < -0.3 is 23.4 Å². The Morgan fingerprint density at radius 2 is 1.77 bits per heavy atom. The Labute approximate surface area is 221 Å². The lowest BCUT2D eigenvalue weighted by molar-refractivity contribution is -0.135. The first kappa shape index (κ1) is 24.2. The molecule has 1 atom stereocenters. The highest BCUT2D eigenvalue weighted by atomic mass is 16.5. The van der Waals surface area contributed by atoms with E-state index in [1.54, 1.807) is 48.5 Å². The van der Waals surface area contributed by atoms with Crippen LogP contribution in [0.25, 0.3) is 17.0 Å². The Morgan fingerprint density at radius 1 is 0.974 bits per heavy atom. The number of allylic oxidation sites excluding steroid dienone is 1. The monoisotopic (exact) mass is 524 g/mol. The van der Waals surface area contributed by atoms with Gasteiger partial charge in [0.05, 0.1) is 43.4 Å². The van der Waals surface area contributed by atoms with Crippen LogP contribution in [-0.2, 0) is 9.53 Å². The Kier molecular flexibility index (Phi) is 5.76. The fourth-order valence-electron chi connectivity index (χ4n) is 4.85. The average Bonchev–Trinajstić information content (AvgIpc) is 3.27. The Balaban J connectivity index is 1.44. The van der Waals surface area contributed by atoms with Gasteiger partial charge in [0, 0.05) is 17.0 Å². The summed E-state index contributed by atoms with van der Waals surface area (Å²) in [6.07, 6.45) is 2.74. The number of hydrogen-bond acceptors (Lipinski definition) is 9. The van der Waals surface area contributed by atoms with Crippen molar-refractivity contribution in [2.24, 2.45) is 0 Å². The van der Waals surface area contributed by atoms with Gasteiger partial charge >= 0.3 is 11.9 Å². The third-order valence-electron chi connectivity index (χ3n) is 6.79. The quantitative estimate of drug-likeness (QED) is 0.214. The van der Waals surface area contributed by atoms with E-state index in [1.165, 1.54) is 32.6 Å². The maximum absolute atomic E-state index is 13.6. The third-order valence-corrected chi connectivity index (χ3v) is 6.79. The van der Waals surface area contributed by atoms with Crippen molar-refractivity contribution in [3.05, 3.63) is 105 Å². The van der Waals surface area contributed by atoms with Crippen LogP contribution in [0.2, 0.25) is 0 Å². The maximum atomic E-state index is 13.6. The second kappa shape index (κ2) is 9.29. The van der Waals surface area contributed by atoms with Gasteiger partial charge in [0.15, 0.2) is 11.2 Å². The summed E-state index contributed by atoms with van der Waals surface area (Å²) in [5, 5.41) is 0.299. The van der Waals surface area contributed by atoms with Gasteiger partial charge in [-0.15, -0.1) is 0 Å². The van der Waals surface area contributed by atoms with E-state index in [0.29, 0.717) is 33.4 Å². The number of carbonyl (C=O) groups is 3. The Morgan fingerprint density at radius 3 is 2.51 bits per heavy atom. The second-order valence-corrected chi connectivity index (χ2v) is 9.02. The number of carbonyl (C=O) groups excluding carboxylic acids is 3. The van der Waals surface area contributed by atoms with Crippen molar-refractivity contribution in [3.8, 4) is 17.2 Å². The van der Waals surface area contributed by atoms with Crippen molar-refractivity contribution >= 4 is 34.8 Å². The van der Waals surface area contributed by atoms with Gasteiger partial charge in [0.1, 0.15) is 22.8 Å². The third kappa shape index (κ3) is 4.04. The zero-order valence-corrected chi connectivity index (χ0v) is 20.8. The molecular weight excluding hydrogens is 504 g/mol. The van der Waals surface area contributed by atoms with E-state index in [4.69, 9.17) is 23.4 Å². The summed E-state index contributed by atoms with van der Waals surface area (Å²) in [5.41, 5.74) is 1.96. The summed E-state index contributed by atoms with van der Waals surface area (Å²) in [4.78, 5) is 51.1. The first-order valence-electron chi connectivity index (χ1n) is 12.0. The van der Waals surface area contributed by atoms with Gasteiger partial charge in [-0.25, -0.2) is 4.79 Å². The van der Waals surface area contributed by atoms with Gasteiger partial charge in [-0.05, 0) is 54.1 Å². The largest absolute Gasteiger partial charge is 0.497 e. The Hall–Kier alpha value is -5.18. The van der Waals surface area contributed by atoms with Crippen LogP contribution in [0.3, 0.4) is 0 Å². The Bertz CT molecular complexity index is 1780. The molecule has 6 rings (SSSR count). The molecule has 0 aliphatic carbocycles. The van der Waals surface area contributed by atoms with Gasteiger partial charge in [-0.3, -0.25) is 14.4 Å². The van der Waals surface area contributed by atoms with E-state index in [0.717, 1.165) is 0 Å². The molecule has 4 aromatic rings. The lowest BCUT2D eigenvalue weighted by Gasteiger charge is -2.25. The van der Waals surface area contributed by atoms with E-state index >= 15 is 0 Å². The fourth-order valence-corrected chi connectivity index (χ4v) is 4.85. The highest BCUT2D eigenvalue weighted by Crippen LogP contribution is 2.48. The zero-order valence-electron chi connectivity index (χ0n) is 20.8. The van der Waals surface area contributed by atoms with Gasteiger partial charge in [0.25, 0.3) is 0 Å². The van der Waals surface area contributed by atoms with E-state index in [9.17, 15) is 19.2 Å². The molecule has 39 heavy (non-hydrogen) atoms. The molecule has 194 valence electrons. The van der Waals surface area contributed by atoms with Crippen LogP contribution in [-0.4, -0.2) is 31.9 Å². The minimum absolute atomic E-state index is 0.0511. The molecule has 2 aliphatic heterocycles. The van der Waals surface area contributed by atoms with E-state index < -0.39 is 17.9 Å². The number of fused-ring (bicyclic) bond motifs is 4. The smallest absolute Gasteiger partial charge is 0.337 e. The van der Waals surface area contributed by atoms with Crippen molar-refractivity contribution in [1.82, 2.24) is 0 Å². The summed E-state index contributed by atoms with van der Waals surface area (Å²) < 4.78 is 27.2. The summed E-state index contributed by atoms with van der Waals surface area (Å²) in [6.45, 7) is 0. The van der Waals surface area contributed by atoms with Crippen molar-refractivity contribution in [1.29, 1.82) is 0 Å². The summed E-state index contributed by atoms with van der Waals surface area (Å²) >= 11 is 0. The molecule has 1 aromatic heterocycles. The molecule has 0 unspecified atom stereocenters. The number of hydrogen-bond donors (Lipinski definition) is 0. The molecule has 3 aromatic carbocycles. The van der Waals surface area contributed by atoms with Crippen LogP contribution in [0, 0.1) is 0 Å².